The quantitative estimate of drug-likeness (QED) is 0.572. The molecule has 106 valence electrons. The summed E-state index contributed by atoms with van der Waals surface area (Å²) < 4.78 is 10.7. The van der Waals surface area contributed by atoms with Crippen LogP contribution < -0.4 is 4.74 Å². The summed E-state index contributed by atoms with van der Waals surface area (Å²) in [5.41, 5.74) is 0.974. The lowest BCUT2D eigenvalue weighted by Crippen LogP contribution is -2.60. The molecule has 1 aliphatic rings. The van der Waals surface area contributed by atoms with E-state index in [0.717, 1.165) is 5.56 Å². The Labute approximate surface area is 110 Å². The number of benzene rings is 1. The Balaban J connectivity index is 2.10. The van der Waals surface area contributed by atoms with Gasteiger partial charge in [-0.1, -0.05) is 12.1 Å². The third-order valence-corrected chi connectivity index (χ3v) is 3.09. The minimum Gasteiger partial charge on any atom is -0.462 e. The van der Waals surface area contributed by atoms with Crippen LogP contribution in [0.2, 0.25) is 0 Å². The first-order valence-electron chi connectivity index (χ1n) is 6.07. The largest absolute Gasteiger partial charge is 0.462 e. The molecule has 0 aromatic heterocycles. The van der Waals surface area contributed by atoms with Crippen LogP contribution >= 0.6 is 0 Å². The Hall–Kier alpha value is -1.18. The summed E-state index contributed by atoms with van der Waals surface area (Å²) in [6.07, 6.45) is -6.30. The molecule has 0 bridgehead atoms. The highest BCUT2D eigenvalue weighted by atomic mass is 16.7. The highest BCUT2D eigenvalue weighted by Gasteiger charge is 2.44. The van der Waals surface area contributed by atoms with Gasteiger partial charge in [-0.3, -0.25) is 0 Å². The van der Waals surface area contributed by atoms with E-state index in [1.807, 2.05) is 13.0 Å². The van der Waals surface area contributed by atoms with Gasteiger partial charge in [0.05, 0.1) is 6.61 Å². The third-order valence-electron chi connectivity index (χ3n) is 3.09. The minimum atomic E-state index is -1.43. The van der Waals surface area contributed by atoms with Crippen LogP contribution in [0.15, 0.2) is 24.3 Å². The number of rotatable bonds is 3. The minimum absolute atomic E-state index is 0.474. The predicted molar refractivity (Wildman–Crippen MR) is 65.6 cm³/mol. The van der Waals surface area contributed by atoms with E-state index in [4.69, 9.17) is 14.6 Å². The molecule has 1 aliphatic heterocycles. The summed E-state index contributed by atoms with van der Waals surface area (Å²) in [7, 11) is 0. The first kappa shape index (κ1) is 14.2. The van der Waals surface area contributed by atoms with Crippen LogP contribution in [-0.4, -0.2) is 57.7 Å². The second-order valence-electron chi connectivity index (χ2n) is 4.63. The standard InChI is InChI=1S/C13H18O6/c1-7-3-2-4-8(5-7)18-13-12(17)11(16)10(15)9(6-14)19-13/h2-5,9-17H,6H2,1H3/t9-,10+,11+,12-,13-/m0/s1. The summed E-state index contributed by atoms with van der Waals surface area (Å²) in [5, 5.41) is 38.1. The van der Waals surface area contributed by atoms with Crippen LogP contribution in [0.25, 0.3) is 0 Å². The molecule has 2 rings (SSSR count). The van der Waals surface area contributed by atoms with E-state index in [1.165, 1.54) is 0 Å². The molecule has 1 fully saturated rings. The topological polar surface area (TPSA) is 99.4 Å². The maximum Gasteiger partial charge on any atom is 0.229 e. The molecule has 5 atom stereocenters. The number of hydrogen-bond acceptors (Lipinski definition) is 6. The average Bonchev–Trinajstić information content (AvgIpc) is 2.39. The molecule has 0 amide bonds. The van der Waals surface area contributed by atoms with Gasteiger partial charge in [0.1, 0.15) is 30.2 Å². The first-order valence-corrected chi connectivity index (χ1v) is 6.07. The molecule has 1 aromatic carbocycles. The maximum atomic E-state index is 9.81. The summed E-state index contributed by atoms with van der Waals surface area (Å²) in [4.78, 5) is 0. The SMILES string of the molecule is Cc1cccc(O[C@H]2O[C@@H](CO)[C@@H](O)[C@@H](O)[C@@H]2O)c1. The Morgan fingerprint density at radius 3 is 2.53 bits per heavy atom. The molecule has 0 spiro atoms. The van der Waals surface area contributed by atoms with Crippen LogP contribution in [0, 0.1) is 6.92 Å². The normalized spacial score (nSPS) is 35.1. The summed E-state index contributed by atoms with van der Waals surface area (Å²) in [5.74, 6) is 0.476. The van der Waals surface area contributed by atoms with Crippen molar-refractivity contribution in [2.75, 3.05) is 6.61 Å². The lowest BCUT2D eigenvalue weighted by Gasteiger charge is -2.39. The van der Waals surface area contributed by atoms with Crippen molar-refractivity contribution in [3.8, 4) is 5.75 Å². The summed E-state index contributed by atoms with van der Waals surface area (Å²) >= 11 is 0. The van der Waals surface area contributed by atoms with Crippen molar-refractivity contribution in [1.29, 1.82) is 0 Å². The van der Waals surface area contributed by atoms with E-state index in [1.54, 1.807) is 18.2 Å². The van der Waals surface area contributed by atoms with Crippen LogP contribution in [0.3, 0.4) is 0 Å². The third kappa shape index (κ3) is 3.05. The fourth-order valence-electron chi connectivity index (χ4n) is 1.99. The monoisotopic (exact) mass is 270 g/mol. The van der Waals surface area contributed by atoms with Crippen molar-refractivity contribution in [3.05, 3.63) is 29.8 Å². The van der Waals surface area contributed by atoms with E-state index in [2.05, 4.69) is 0 Å². The average molecular weight is 270 g/mol. The van der Waals surface area contributed by atoms with Gasteiger partial charge in [0.15, 0.2) is 0 Å². The van der Waals surface area contributed by atoms with Crippen LogP contribution in [0.5, 0.6) is 5.75 Å². The van der Waals surface area contributed by atoms with Gasteiger partial charge >= 0.3 is 0 Å². The van der Waals surface area contributed by atoms with Crippen molar-refractivity contribution in [1.82, 2.24) is 0 Å². The fourth-order valence-corrected chi connectivity index (χ4v) is 1.99. The number of ether oxygens (including phenoxy) is 2. The zero-order valence-electron chi connectivity index (χ0n) is 10.5. The Morgan fingerprint density at radius 2 is 1.89 bits per heavy atom. The van der Waals surface area contributed by atoms with Gasteiger partial charge in [0.25, 0.3) is 0 Å². The van der Waals surface area contributed by atoms with E-state index in [0.29, 0.717) is 5.75 Å². The molecule has 0 aliphatic carbocycles. The molecule has 6 nitrogen and oxygen atoms in total. The van der Waals surface area contributed by atoms with Crippen molar-refractivity contribution < 1.29 is 29.9 Å². The van der Waals surface area contributed by atoms with Crippen molar-refractivity contribution in [3.63, 3.8) is 0 Å². The second kappa shape index (κ2) is 5.85. The molecule has 4 N–H and O–H groups in total. The van der Waals surface area contributed by atoms with Crippen LogP contribution in [0.1, 0.15) is 5.56 Å². The van der Waals surface area contributed by atoms with Crippen LogP contribution in [0.4, 0.5) is 0 Å². The second-order valence-corrected chi connectivity index (χ2v) is 4.63. The van der Waals surface area contributed by atoms with Crippen molar-refractivity contribution in [2.24, 2.45) is 0 Å². The van der Waals surface area contributed by atoms with E-state index >= 15 is 0 Å². The zero-order chi connectivity index (χ0) is 14.0. The Kier molecular flexibility index (Phi) is 4.38. The van der Waals surface area contributed by atoms with Gasteiger partial charge < -0.3 is 29.9 Å². The van der Waals surface area contributed by atoms with Gasteiger partial charge in [-0.2, -0.15) is 0 Å². The molecule has 6 heteroatoms. The lowest BCUT2D eigenvalue weighted by molar-refractivity contribution is -0.277. The maximum absolute atomic E-state index is 9.81. The van der Waals surface area contributed by atoms with Crippen molar-refractivity contribution in [2.45, 2.75) is 37.6 Å². The Bertz CT molecular complexity index is 421. The van der Waals surface area contributed by atoms with E-state index in [9.17, 15) is 15.3 Å². The summed E-state index contributed by atoms with van der Waals surface area (Å²) in [6.45, 7) is 1.42. The number of aliphatic hydroxyl groups excluding tert-OH is 4. The highest BCUT2D eigenvalue weighted by molar-refractivity contribution is 5.27. The predicted octanol–water partition coefficient (Wildman–Crippen LogP) is -0.826. The highest BCUT2D eigenvalue weighted by Crippen LogP contribution is 2.24. The molecule has 1 saturated heterocycles. The number of aliphatic hydroxyl groups is 4. The van der Waals surface area contributed by atoms with Crippen molar-refractivity contribution >= 4 is 0 Å². The molecular formula is C13H18O6. The van der Waals surface area contributed by atoms with E-state index < -0.39 is 37.3 Å². The Morgan fingerprint density at radius 1 is 1.16 bits per heavy atom. The molecular weight excluding hydrogens is 252 g/mol. The number of aryl methyl sites for hydroxylation is 1. The first-order chi connectivity index (χ1) is 9.02. The lowest BCUT2D eigenvalue weighted by atomic mass is 9.99. The number of hydrogen-bond donors (Lipinski definition) is 4. The fraction of sp³-hybridized carbons (Fsp3) is 0.538. The van der Waals surface area contributed by atoms with E-state index in [-0.39, 0.29) is 0 Å². The molecule has 0 saturated carbocycles. The van der Waals surface area contributed by atoms with Gasteiger partial charge in [-0.25, -0.2) is 0 Å². The van der Waals surface area contributed by atoms with Gasteiger partial charge in [-0.15, -0.1) is 0 Å². The molecule has 19 heavy (non-hydrogen) atoms. The van der Waals surface area contributed by atoms with Gasteiger partial charge in [0.2, 0.25) is 6.29 Å². The van der Waals surface area contributed by atoms with Gasteiger partial charge in [-0.05, 0) is 24.6 Å². The van der Waals surface area contributed by atoms with Crippen LogP contribution in [-0.2, 0) is 4.74 Å². The molecule has 1 aromatic rings. The molecule has 1 heterocycles. The molecule has 0 unspecified atom stereocenters. The van der Waals surface area contributed by atoms with Gasteiger partial charge in [0, 0.05) is 0 Å². The smallest absolute Gasteiger partial charge is 0.229 e. The zero-order valence-corrected chi connectivity index (χ0v) is 10.5. The molecule has 0 radical (unpaired) electrons. The summed E-state index contributed by atoms with van der Waals surface area (Å²) in [6, 6.07) is 7.12.